The van der Waals surface area contributed by atoms with Gasteiger partial charge in [-0.1, -0.05) is 91.0 Å². The molecular weight excluding hydrogens is 477 g/mol. The number of carbonyl (C=O) groups is 4. The van der Waals surface area contributed by atoms with Gasteiger partial charge in [0.1, 0.15) is 27.2 Å². The van der Waals surface area contributed by atoms with Gasteiger partial charge >= 0.3 is 0 Å². The van der Waals surface area contributed by atoms with Crippen LogP contribution in [0.25, 0.3) is 0 Å². The average Bonchev–Trinajstić information content (AvgIpc) is 2.82. The summed E-state index contributed by atoms with van der Waals surface area (Å²) in [5.74, 6) is 0. The van der Waals surface area contributed by atoms with Crippen LogP contribution in [0.4, 0.5) is 0 Å². The monoisotopic (exact) mass is 506 g/mol. The summed E-state index contributed by atoms with van der Waals surface area (Å²) in [6, 6.07) is 30.4. The van der Waals surface area contributed by atoms with Crippen LogP contribution >= 0.6 is 27.7 Å². The van der Waals surface area contributed by atoms with Gasteiger partial charge in [-0.3, -0.25) is 0 Å². The zero-order chi connectivity index (χ0) is 23.3. The van der Waals surface area contributed by atoms with Gasteiger partial charge in [0.2, 0.25) is 0 Å². The normalized spacial score (nSPS) is 6.63. The van der Waals surface area contributed by atoms with Crippen LogP contribution in [-0.2, 0) is 36.2 Å². The summed E-state index contributed by atoms with van der Waals surface area (Å²) in [6.45, 7) is 8.00. The van der Waals surface area contributed by atoms with Crippen LogP contribution in [0.2, 0.25) is 0 Å². The SMILES string of the molecule is C=O.C=O.C=O.C=O.Pc1ccccc1.Pc1ccccc1.Pc1ccccc1.[Fe]. The van der Waals surface area contributed by atoms with Gasteiger partial charge in [-0.2, -0.15) is 0 Å². The van der Waals surface area contributed by atoms with Crippen LogP contribution < -0.4 is 15.9 Å². The van der Waals surface area contributed by atoms with E-state index in [1.54, 1.807) is 0 Å². The molecule has 0 aliphatic carbocycles. The maximum atomic E-state index is 8.00. The van der Waals surface area contributed by atoms with E-state index in [-0.39, 0.29) is 17.1 Å². The minimum atomic E-state index is 0. The second-order valence-corrected chi connectivity index (χ2v) is 6.23. The van der Waals surface area contributed by atoms with Crippen molar-refractivity contribution in [1.82, 2.24) is 0 Å². The van der Waals surface area contributed by atoms with E-state index in [9.17, 15) is 0 Å². The molecule has 0 amide bonds. The number of hydrogen-bond donors (Lipinski definition) is 0. The third-order valence-electron chi connectivity index (χ3n) is 2.40. The van der Waals surface area contributed by atoms with Crippen molar-refractivity contribution < 1.29 is 36.2 Å². The Morgan fingerprint density at radius 2 is 0.500 bits per heavy atom. The van der Waals surface area contributed by atoms with Gasteiger partial charge in [0.15, 0.2) is 0 Å². The summed E-state index contributed by atoms with van der Waals surface area (Å²) in [6.07, 6.45) is 0. The second-order valence-electron chi connectivity index (χ2n) is 4.23. The number of rotatable bonds is 0. The Kier molecular flexibility index (Phi) is 48.8. The molecule has 0 saturated carbocycles. The van der Waals surface area contributed by atoms with Crippen molar-refractivity contribution in [2.45, 2.75) is 0 Å². The Morgan fingerprint density at radius 1 is 0.367 bits per heavy atom. The fraction of sp³-hybridized carbons (Fsp3) is 0. The van der Waals surface area contributed by atoms with Gasteiger partial charge in [0, 0.05) is 17.1 Å². The zero-order valence-corrected chi connectivity index (χ0v) is 21.3. The Balaban J connectivity index is -0.0000000880. The van der Waals surface area contributed by atoms with E-state index in [4.69, 9.17) is 19.2 Å². The fourth-order valence-corrected chi connectivity index (χ4v) is 2.03. The predicted octanol–water partition coefficient (Wildman–Crippen LogP) is 2.82. The third kappa shape index (κ3) is 33.7. The van der Waals surface area contributed by atoms with E-state index in [0.717, 1.165) is 0 Å². The van der Waals surface area contributed by atoms with Crippen molar-refractivity contribution in [3.8, 4) is 0 Å². The minimum Gasteiger partial charge on any atom is -0.307 e. The predicted molar refractivity (Wildman–Crippen MR) is 136 cm³/mol. The molecule has 3 rings (SSSR count). The van der Waals surface area contributed by atoms with Gasteiger partial charge in [0.05, 0.1) is 0 Å². The molecule has 0 radical (unpaired) electrons. The summed E-state index contributed by atoms with van der Waals surface area (Å²) in [5, 5.41) is 3.72. The molecule has 30 heavy (non-hydrogen) atoms. The summed E-state index contributed by atoms with van der Waals surface area (Å²) in [4.78, 5) is 32.0. The van der Waals surface area contributed by atoms with Crippen LogP contribution in [-0.4, -0.2) is 27.2 Å². The Labute approximate surface area is 197 Å². The van der Waals surface area contributed by atoms with E-state index in [2.05, 4.69) is 27.7 Å². The molecule has 3 aromatic rings. The van der Waals surface area contributed by atoms with Crippen molar-refractivity contribution in [1.29, 1.82) is 0 Å². The van der Waals surface area contributed by atoms with Crippen molar-refractivity contribution in [3.05, 3.63) is 91.0 Å². The number of benzene rings is 3. The first-order chi connectivity index (χ1) is 14.2. The molecule has 3 unspecified atom stereocenters. The molecule has 0 bridgehead atoms. The van der Waals surface area contributed by atoms with Gasteiger partial charge in [-0.05, 0) is 15.9 Å². The molecule has 4 nitrogen and oxygen atoms in total. The minimum absolute atomic E-state index is 0. The van der Waals surface area contributed by atoms with Crippen LogP contribution in [0, 0.1) is 0 Å². The molecular formula is C22H29FeO4P3. The summed E-state index contributed by atoms with van der Waals surface area (Å²) in [7, 11) is 7.89. The molecule has 0 spiro atoms. The zero-order valence-electron chi connectivity index (χ0n) is 16.7. The van der Waals surface area contributed by atoms with Gasteiger partial charge in [0.25, 0.3) is 0 Å². The standard InChI is InChI=1S/3C6H7P.4CH2O.Fe/c3*7-6-4-2-1-3-5-6;4*1-2;/h3*1-5H,7H2;4*1H2;. The van der Waals surface area contributed by atoms with Gasteiger partial charge in [-0.25, -0.2) is 0 Å². The molecule has 3 atom stereocenters. The first-order valence-electron chi connectivity index (χ1n) is 7.75. The summed E-state index contributed by atoms with van der Waals surface area (Å²) in [5.41, 5.74) is 0. The van der Waals surface area contributed by atoms with E-state index in [1.807, 2.05) is 118 Å². The van der Waals surface area contributed by atoms with Crippen LogP contribution in [0.15, 0.2) is 91.0 Å². The van der Waals surface area contributed by atoms with E-state index in [1.165, 1.54) is 15.9 Å². The topological polar surface area (TPSA) is 68.3 Å². The van der Waals surface area contributed by atoms with Crippen molar-refractivity contribution in [3.63, 3.8) is 0 Å². The van der Waals surface area contributed by atoms with Crippen LogP contribution in [0.3, 0.4) is 0 Å². The average molecular weight is 506 g/mol. The fourth-order valence-electron chi connectivity index (χ4n) is 1.36. The molecule has 3 aromatic carbocycles. The van der Waals surface area contributed by atoms with E-state index in [0.29, 0.717) is 0 Å². The molecule has 0 N–H and O–H groups in total. The number of hydrogen-bond acceptors (Lipinski definition) is 4. The second kappa shape index (κ2) is 37.8. The van der Waals surface area contributed by atoms with Gasteiger partial charge in [-0.15, -0.1) is 27.7 Å². The molecule has 8 heteroatoms. The molecule has 0 aliphatic rings. The van der Waals surface area contributed by atoms with Gasteiger partial charge < -0.3 is 19.2 Å². The third-order valence-corrected chi connectivity index (χ3v) is 3.55. The van der Waals surface area contributed by atoms with Crippen LogP contribution in [0.1, 0.15) is 0 Å². The van der Waals surface area contributed by atoms with Crippen molar-refractivity contribution >= 4 is 70.8 Å². The summed E-state index contributed by atoms with van der Waals surface area (Å²) >= 11 is 0. The molecule has 164 valence electrons. The molecule has 0 heterocycles. The largest absolute Gasteiger partial charge is 0.307 e. The first kappa shape index (κ1) is 38.7. The molecule has 0 aromatic heterocycles. The first-order valence-corrected chi connectivity index (χ1v) is 9.48. The van der Waals surface area contributed by atoms with Crippen molar-refractivity contribution in [2.75, 3.05) is 0 Å². The Morgan fingerprint density at radius 3 is 0.567 bits per heavy atom. The maximum Gasteiger partial charge on any atom is 0.106 e. The van der Waals surface area contributed by atoms with E-state index < -0.39 is 0 Å². The summed E-state index contributed by atoms with van der Waals surface area (Å²) < 4.78 is 0. The molecule has 0 fully saturated rings. The maximum absolute atomic E-state index is 8.00. The molecule has 0 aliphatic heterocycles. The number of carbonyl (C=O) groups excluding carboxylic acids is 4. The molecule has 0 saturated heterocycles. The Hall–Kier alpha value is -1.85. The van der Waals surface area contributed by atoms with Crippen molar-refractivity contribution in [2.24, 2.45) is 0 Å². The van der Waals surface area contributed by atoms with Crippen LogP contribution in [0.5, 0.6) is 0 Å². The quantitative estimate of drug-likeness (QED) is 0.348. The smallest absolute Gasteiger partial charge is 0.106 e. The Bertz CT molecular complexity index is 566. The van der Waals surface area contributed by atoms with E-state index >= 15 is 0 Å².